The number of carbonyl (C=O) groups is 1. The first-order valence-electron chi connectivity index (χ1n) is 7.55. The van der Waals surface area contributed by atoms with Crippen molar-refractivity contribution in [3.05, 3.63) is 29.8 Å². The molecule has 1 amide bonds. The Morgan fingerprint density at radius 3 is 2.15 bits per heavy atom. The lowest BCUT2D eigenvalue weighted by Crippen LogP contribution is -2.40. The second-order valence-corrected chi connectivity index (χ2v) is 6.24. The molecule has 0 spiro atoms. The fraction of sp³-hybridized carbons (Fsp3) is 0.588. The number of piperidine rings is 1. The summed E-state index contributed by atoms with van der Waals surface area (Å²) in [5.74, 6) is 1.06. The Labute approximate surface area is 122 Å². The number of benzene rings is 1. The van der Waals surface area contributed by atoms with Crippen LogP contribution in [0, 0.1) is 5.92 Å². The van der Waals surface area contributed by atoms with Crippen LogP contribution in [0.4, 0.5) is 5.69 Å². The molecule has 0 N–H and O–H groups in total. The van der Waals surface area contributed by atoms with E-state index < -0.39 is 0 Å². The Kier molecular flexibility index (Phi) is 4.69. The van der Waals surface area contributed by atoms with E-state index in [4.69, 9.17) is 0 Å². The smallest absolute Gasteiger partial charge is 0.225 e. The van der Waals surface area contributed by atoms with Crippen molar-refractivity contribution in [1.29, 1.82) is 0 Å². The molecular formula is C17H26N2O. The lowest BCUT2D eigenvalue weighted by atomic mass is 9.95. The average Bonchev–Trinajstić information content (AvgIpc) is 2.46. The van der Waals surface area contributed by atoms with Gasteiger partial charge in [0.2, 0.25) is 5.91 Å². The monoisotopic (exact) mass is 274 g/mol. The van der Waals surface area contributed by atoms with Crippen LogP contribution in [0.25, 0.3) is 0 Å². The van der Waals surface area contributed by atoms with Gasteiger partial charge in [-0.3, -0.25) is 4.79 Å². The van der Waals surface area contributed by atoms with Gasteiger partial charge in [-0.2, -0.15) is 0 Å². The molecule has 0 radical (unpaired) electrons. The molecular weight excluding hydrogens is 248 g/mol. The molecule has 110 valence electrons. The first-order valence-corrected chi connectivity index (χ1v) is 7.55. The summed E-state index contributed by atoms with van der Waals surface area (Å²) >= 11 is 0. The van der Waals surface area contributed by atoms with Gasteiger partial charge in [-0.05, 0) is 36.5 Å². The highest BCUT2D eigenvalue weighted by Gasteiger charge is 2.26. The summed E-state index contributed by atoms with van der Waals surface area (Å²) in [6.45, 7) is 6.39. The number of amides is 1. The normalized spacial score (nSPS) is 16.6. The van der Waals surface area contributed by atoms with Crippen LogP contribution in [-0.2, 0) is 4.79 Å². The van der Waals surface area contributed by atoms with E-state index in [9.17, 15) is 4.79 Å². The summed E-state index contributed by atoms with van der Waals surface area (Å²) in [7, 11) is 3.69. The molecule has 1 aromatic rings. The summed E-state index contributed by atoms with van der Waals surface area (Å²) < 4.78 is 0. The van der Waals surface area contributed by atoms with E-state index in [0.717, 1.165) is 25.9 Å². The van der Waals surface area contributed by atoms with Crippen molar-refractivity contribution in [2.45, 2.75) is 32.6 Å². The molecule has 20 heavy (non-hydrogen) atoms. The molecule has 2 rings (SSSR count). The first-order chi connectivity index (χ1) is 9.49. The van der Waals surface area contributed by atoms with Crippen molar-refractivity contribution < 1.29 is 4.79 Å². The van der Waals surface area contributed by atoms with Gasteiger partial charge < -0.3 is 9.80 Å². The Hall–Kier alpha value is -1.51. The molecule has 1 heterocycles. The summed E-state index contributed by atoms with van der Waals surface area (Å²) in [5, 5.41) is 0. The summed E-state index contributed by atoms with van der Waals surface area (Å²) in [5.41, 5.74) is 2.66. The third kappa shape index (κ3) is 3.33. The standard InChI is InChI=1S/C17H26N2O/c1-13(2)14-5-7-16(8-6-14)19-11-9-15(10-12-19)17(20)18(3)4/h5-8,13,15H,9-12H2,1-4H3. The predicted octanol–water partition coefficient (Wildman–Crippen LogP) is 3.11. The van der Waals surface area contributed by atoms with Gasteiger partial charge in [0.1, 0.15) is 0 Å². The third-order valence-electron chi connectivity index (χ3n) is 4.21. The van der Waals surface area contributed by atoms with Gasteiger partial charge in [0.25, 0.3) is 0 Å². The van der Waals surface area contributed by atoms with Crippen molar-refractivity contribution >= 4 is 11.6 Å². The zero-order valence-corrected chi connectivity index (χ0v) is 13.1. The fourth-order valence-electron chi connectivity index (χ4n) is 2.82. The molecule has 0 aliphatic carbocycles. The van der Waals surface area contributed by atoms with Gasteiger partial charge in [0.05, 0.1) is 0 Å². The Bertz CT molecular complexity index is 443. The number of rotatable bonds is 3. The largest absolute Gasteiger partial charge is 0.371 e. The molecule has 0 bridgehead atoms. The van der Waals surface area contributed by atoms with Gasteiger partial charge in [0.15, 0.2) is 0 Å². The van der Waals surface area contributed by atoms with Gasteiger partial charge in [-0.15, -0.1) is 0 Å². The lowest BCUT2D eigenvalue weighted by Gasteiger charge is -2.34. The highest BCUT2D eigenvalue weighted by atomic mass is 16.2. The van der Waals surface area contributed by atoms with Crippen LogP contribution in [0.5, 0.6) is 0 Å². The van der Waals surface area contributed by atoms with Gasteiger partial charge in [0, 0.05) is 38.8 Å². The highest BCUT2D eigenvalue weighted by Crippen LogP contribution is 2.25. The maximum absolute atomic E-state index is 12.0. The maximum Gasteiger partial charge on any atom is 0.225 e. The van der Waals surface area contributed by atoms with Crippen LogP contribution in [0.3, 0.4) is 0 Å². The van der Waals surface area contributed by atoms with Crippen LogP contribution >= 0.6 is 0 Å². The Balaban J connectivity index is 1.95. The van der Waals surface area contributed by atoms with E-state index in [-0.39, 0.29) is 11.8 Å². The molecule has 3 heteroatoms. The lowest BCUT2D eigenvalue weighted by molar-refractivity contribution is -0.133. The van der Waals surface area contributed by atoms with E-state index in [1.165, 1.54) is 11.3 Å². The Morgan fingerprint density at radius 2 is 1.70 bits per heavy atom. The number of anilines is 1. The molecule has 1 fully saturated rings. The van der Waals surface area contributed by atoms with Crippen molar-refractivity contribution in [2.75, 3.05) is 32.1 Å². The van der Waals surface area contributed by atoms with Crippen molar-refractivity contribution in [3.8, 4) is 0 Å². The number of hydrogen-bond donors (Lipinski definition) is 0. The van der Waals surface area contributed by atoms with Crippen molar-refractivity contribution in [1.82, 2.24) is 4.90 Å². The Morgan fingerprint density at radius 1 is 1.15 bits per heavy atom. The predicted molar refractivity (Wildman–Crippen MR) is 84.2 cm³/mol. The number of carbonyl (C=O) groups excluding carboxylic acids is 1. The third-order valence-corrected chi connectivity index (χ3v) is 4.21. The molecule has 0 saturated carbocycles. The average molecular weight is 274 g/mol. The zero-order valence-electron chi connectivity index (χ0n) is 13.1. The molecule has 3 nitrogen and oxygen atoms in total. The van der Waals surface area contributed by atoms with E-state index in [0.29, 0.717) is 5.92 Å². The minimum atomic E-state index is 0.205. The fourth-order valence-corrected chi connectivity index (χ4v) is 2.82. The van der Waals surface area contributed by atoms with Gasteiger partial charge in [-0.1, -0.05) is 26.0 Å². The molecule has 0 atom stereocenters. The molecule has 0 unspecified atom stereocenters. The molecule has 1 saturated heterocycles. The van der Waals surface area contributed by atoms with Gasteiger partial charge in [-0.25, -0.2) is 0 Å². The van der Waals surface area contributed by atoms with Crippen LogP contribution in [0.2, 0.25) is 0 Å². The summed E-state index contributed by atoms with van der Waals surface area (Å²) in [6, 6.07) is 8.86. The first kappa shape index (κ1) is 14.9. The van der Waals surface area contributed by atoms with Crippen LogP contribution in [0.1, 0.15) is 38.2 Å². The van der Waals surface area contributed by atoms with E-state index in [1.807, 2.05) is 14.1 Å². The quantitative estimate of drug-likeness (QED) is 0.845. The van der Waals surface area contributed by atoms with E-state index in [2.05, 4.69) is 43.0 Å². The van der Waals surface area contributed by atoms with E-state index in [1.54, 1.807) is 4.90 Å². The van der Waals surface area contributed by atoms with Crippen molar-refractivity contribution in [3.63, 3.8) is 0 Å². The number of hydrogen-bond acceptors (Lipinski definition) is 2. The summed E-state index contributed by atoms with van der Waals surface area (Å²) in [4.78, 5) is 16.1. The van der Waals surface area contributed by atoms with Gasteiger partial charge >= 0.3 is 0 Å². The summed E-state index contributed by atoms with van der Waals surface area (Å²) in [6.07, 6.45) is 1.92. The van der Waals surface area contributed by atoms with Crippen LogP contribution < -0.4 is 4.90 Å². The molecule has 0 aromatic heterocycles. The second kappa shape index (κ2) is 6.29. The second-order valence-electron chi connectivity index (χ2n) is 6.24. The SMILES string of the molecule is CC(C)c1ccc(N2CCC(C(=O)N(C)C)CC2)cc1. The maximum atomic E-state index is 12.0. The minimum absolute atomic E-state index is 0.205. The molecule has 1 aliphatic heterocycles. The zero-order chi connectivity index (χ0) is 14.7. The van der Waals surface area contributed by atoms with Crippen LogP contribution in [-0.4, -0.2) is 38.0 Å². The highest BCUT2D eigenvalue weighted by molar-refractivity contribution is 5.78. The van der Waals surface area contributed by atoms with Crippen LogP contribution in [0.15, 0.2) is 24.3 Å². The molecule has 1 aromatic carbocycles. The number of nitrogens with zero attached hydrogens (tertiary/aromatic N) is 2. The van der Waals surface area contributed by atoms with E-state index >= 15 is 0 Å². The molecule has 1 aliphatic rings. The topological polar surface area (TPSA) is 23.6 Å². The minimum Gasteiger partial charge on any atom is -0.371 e. The van der Waals surface area contributed by atoms with Crippen molar-refractivity contribution in [2.24, 2.45) is 5.92 Å².